The van der Waals surface area contributed by atoms with Crippen LogP contribution in [0.4, 0.5) is 4.79 Å². The first-order valence-corrected chi connectivity index (χ1v) is 16.8. The minimum Gasteiger partial charge on any atom is -0.444 e. The summed E-state index contributed by atoms with van der Waals surface area (Å²) in [6.07, 6.45) is 14.9. The van der Waals surface area contributed by atoms with E-state index in [1.54, 1.807) is 10.5 Å². The molecule has 4 aliphatic carbocycles. The second-order valence-corrected chi connectivity index (χ2v) is 16.1. The van der Waals surface area contributed by atoms with Crippen LogP contribution >= 0.6 is 0 Å². The molecular formula is C35H58N2O4. The molecule has 0 aromatic rings. The molecule has 41 heavy (non-hydrogen) atoms. The molecule has 3 saturated carbocycles. The molecule has 5 aliphatic rings. The molecule has 1 heterocycles. The number of amides is 2. The molecule has 0 bridgehead atoms. The molecule has 4 fully saturated rings. The molecular weight excluding hydrogens is 512 g/mol. The van der Waals surface area contributed by atoms with Gasteiger partial charge in [-0.15, -0.1) is 0 Å². The van der Waals surface area contributed by atoms with Crippen molar-refractivity contribution in [3.8, 4) is 0 Å². The summed E-state index contributed by atoms with van der Waals surface area (Å²) < 4.78 is 5.54. The van der Waals surface area contributed by atoms with E-state index >= 15 is 0 Å². The highest BCUT2D eigenvalue weighted by molar-refractivity contribution is 5.76. The van der Waals surface area contributed by atoms with Crippen LogP contribution in [0.15, 0.2) is 11.6 Å². The highest BCUT2D eigenvalue weighted by Gasteiger charge is 2.59. The number of aliphatic hydroxyl groups excluding tert-OH is 1. The van der Waals surface area contributed by atoms with Crippen molar-refractivity contribution in [1.82, 2.24) is 9.80 Å². The smallest absolute Gasteiger partial charge is 0.410 e. The molecule has 0 radical (unpaired) electrons. The van der Waals surface area contributed by atoms with Crippen molar-refractivity contribution in [3.63, 3.8) is 0 Å². The Kier molecular flexibility index (Phi) is 8.67. The largest absolute Gasteiger partial charge is 0.444 e. The maximum Gasteiger partial charge on any atom is 0.410 e. The molecule has 1 saturated heterocycles. The molecule has 0 spiro atoms. The number of fused-ring (bicyclic) bond motifs is 5. The number of rotatable bonds is 5. The summed E-state index contributed by atoms with van der Waals surface area (Å²) >= 11 is 0. The van der Waals surface area contributed by atoms with Crippen molar-refractivity contribution < 1.29 is 19.4 Å². The van der Waals surface area contributed by atoms with Crippen molar-refractivity contribution in [3.05, 3.63) is 11.6 Å². The molecule has 0 aromatic heterocycles. The molecule has 232 valence electrons. The zero-order valence-electron chi connectivity index (χ0n) is 27.1. The van der Waals surface area contributed by atoms with Crippen molar-refractivity contribution >= 4 is 12.0 Å². The Morgan fingerprint density at radius 2 is 1.78 bits per heavy atom. The molecule has 0 aromatic carbocycles. The van der Waals surface area contributed by atoms with Crippen LogP contribution < -0.4 is 0 Å². The zero-order chi connectivity index (χ0) is 29.7. The summed E-state index contributed by atoms with van der Waals surface area (Å²) in [5, 5.41) is 10.3. The van der Waals surface area contributed by atoms with Crippen LogP contribution in [0.5, 0.6) is 0 Å². The average Bonchev–Trinajstić information content (AvgIpc) is 3.28. The van der Waals surface area contributed by atoms with Crippen LogP contribution in [-0.4, -0.2) is 64.8 Å². The third kappa shape index (κ3) is 5.97. The monoisotopic (exact) mass is 570 g/mol. The number of carbonyl (C=O) groups is 2. The van der Waals surface area contributed by atoms with Gasteiger partial charge in [-0.3, -0.25) is 4.79 Å². The molecule has 8 atom stereocenters. The van der Waals surface area contributed by atoms with Crippen molar-refractivity contribution in [2.24, 2.45) is 40.4 Å². The SMILES string of the molecule is C[C@H](CCC(=O)N(C)C1CCN(C(=O)OC(C)(C)C)CC1)[C@H]1CC[C@H]2[C@@H]3CC=C4C[C@@H](O)CC[C@]4(C)[C@H]3CC[C@]12C. The Bertz CT molecular complexity index is 1010. The summed E-state index contributed by atoms with van der Waals surface area (Å²) in [7, 11) is 1.96. The Morgan fingerprint density at radius 3 is 2.46 bits per heavy atom. The number of piperidine rings is 1. The molecule has 6 nitrogen and oxygen atoms in total. The number of nitrogens with zero attached hydrogens (tertiary/aromatic N) is 2. The molecule has 0 unspecified atom stereocenters. The maximum absolute atomic E-state index is 13.3. The van der Waals surface area contributed by atoms with Gasteiger partial charge in [-0.25, -0.2) is 4.79 Å². The van der Waals surface area contributed by atoms with E-state index in [0.29, 0.717) is 42.2 Å². The Morgan fingerprint density at radius 1 is 1.07 bits per heavy atom. The summed E-state index contributed by atoms with van der Waals surface area (Å²) in [6, 6.07) is 0.201. The maximum atomic E-state index is 13.3. The first-order valence-electron chi connectivity index (χ1n) is 16.8. The lowest BCUT2D eigenvalue weighted by Gasteiger charge is -2.58. The summed E-state index contributed by atoms with van der Waals surface area (Å²) in [6.45, 7) is 14.5. The lowest BCUT2D eigenvalue weighted by atomic mass is 9.47. The number of allylic oxidation sites excluding steroid dienone is 1. The van der Waals surface area contributed by atoms with Gasteiger partial charge in [0.05, 0.1) is 6.10 Å². The predicted molar refractivity (Wildman–Crippen MR) is 163 cm³/mol. The molecule has 1 N–H and O–H groups in total. The standard InChI is InChI=1S/C35H58N2O4/c1-23(8-13-31(39)36(7)25-16-20-37(21-17-25)32(40)41-33(2,3)4)28-11-12-29-27-10-9-24-22-26(38)14-18-34(24,5)30(27)15-19-35(28,29)6/h9,23,25-30,38H,8,10-22H2,1-7H3/t23-,26+,27+,28-,29+,30+,34+,35-/m1/s1. The molecule has 1 aliphatic heterocycles. The van der Waals surface area contributed by atoms with Crippen molar-refractivity contribution in [1.29, 1.82) is 0 Å². The quantitative estimate of drug-likeness (QED) is 0.355. The van der Waals surface area contributed by atoms with Crippen LogP contribution in [0.1, 0.15) is 119 Å². The van der Waals surface area contributed by atoms with Crippen LogP contribution in [-0.2, 0) is 9.53 Å². The highest BCUT2D eigenvalue weighted by Crippen LogP contribution is 2.67. The Balaban J connectivity index is 1.13. The second-order valence-electron chi connectivity index (χ2n) is 16.1. The van der Waals surface area contributed by atoms with E-state index in [4.69, 9.17) is 4.74 Å². The van der Waals surface area contributed by atoms with Gasteiger partial charge < -0.3 is 19.6 Å². The van der Waals surface area contributed by atoms with Crippen LogP contribution in [0.25, 0.3) is 0 Å². The van der Waals surface area contributed by atoms with E-state index in [2.05, 4.69) is 26.8 Å². The fourth-order valence-corrected chi connectivity index (χ4v) is 10.3. The lowest BCUT2D eigenvalue weighted by molar-refractivity contribution is -0.133. The van der Waals surface area contributed by atoms with Crippen molar-refractivity contribution in [2.75, 3.05) is 20.1 Å². The van der Waals surface area contributed by atoms with E-state index in [1.807, 2.05) is 32.7 Å². The average molecular weight is 571 g/mol. The number of hydrogen-bond donors (Lipinski definition) is 1. The van der Waals surface area contributed by atoms with Gasteiger partial charge in [0.1, 0.15) is 5.60 Å². The van der Waals surface area contributed by atoms with Gasteiger partial charge in [-0.1, -0.05) is 32.4 Å². The van der Waals surface area contributed by atoms with Crippen molar-refractivity contribution in [2.45, 2.75) is 136 Å². The fourth-order valence-electron chi connectivity index (χ4n) is 10.3. The van der Waals surface area contributed by atoms with Gasteiger partial charge >= 0.3 is 6.09 Å². The van der Waals surface area contributed by atoms with E-state index in [9.17, 15) is 14.7 Å². The Labute approximate surface area is 249 Å². The third-order valence-electron chi connectivity index (χ3n) is 12.7. The number of aliphatic hydroxyl groups is 1. The normalized spacial score (nSPS) is 38.3. The second kappa shape index (κ2) is 11.5. The van der Waals surface area contributed by atoms with Gasteiger partial charge in [0.2, 0.25) is 5.91 Å². The van der Waals surface area contributed by atoms with Crippen LogP contribution in [0.2, 0.25) is 0 Å². The zero-order valence-corrected chi connectivity index (χ0v) is 27.1. The molecule has 6 heteroatoms. The van der Waals surface area contributed by atoms with Gasteiger partial charge in [-0.05, 0) is 132 Å². The lowest BCUT2D eigenvalue weighted by Crippen LogP contribution is -2.50. The summed E-state index contributed by atoms with van der Waals surface area (Å²) in [5.41, 5.74) is 1.76. The van der Waals surface area contributed by atoms with Gasteiger partial charge in [0, 0.05) is 32.6 Å². The van der Waals surface area contributed by atoms with E-state index < -0.39 is 5.60 Å². The van der Waals surface area contributed by atoms with Crippen LogP contribution in [0, 0.1) is 40.4 Å². The number of ether oxygens (including phenoxy) is 1. The van der Waals surface area contributed by atoms with E-state index in [-0.39, 0.29) is 24.1 Å². The predicted octanol–water partition coefficient (Wildman–Crippen LogP) is 7.20. The van der Waals surface area contributed by atoms with E-state index in [0.717, 1.165) is 56.3 Å². The van der Waals surface area contributed by atoms with Gasteiger partial charge in [0.15, 0.2) is 0 Å². The Hall–Kier alpha value is -1.56. The number of carbonyl (C=O) groups excluding carboxylic acids is 2. The summed E-state index contributed by atoms with van der Waals surface area (Å²) in [4.78, 5) is 29.5. The first-order chi connectivity index (χ1) is 19.2. The number of hydrogen-bond acceptors (Lipinski definition) is 4. The first kappa shape index (κ1) is 30.9. The number of likely N-dealkylation sites (tertiary alicyclic amines) is 1. The third-order valence-corrected chi connectivity index (χ3v) is 12.7. The minimum atomic E-state index is -0.484. The fraction of sp³-hybridized carbons (Fsp3) is 0.886. The van der Waals surface area contributed by atoms with Gasteiger partial charge in [-0.2, -0.15) is 0 Å². The molecule has 2 amide bonds. The summed E-state index contributed by atoms with van der Waals surface area (Å²) in [5.74, 6) is 3.88. The van der Waals surface area contributed by atoms with E-state index in [1.165, 1.54) is 32.1 Å². The highest BCUT2D eigenvalue weighted by atomic mass is 16.6. The minimum absolute atomic E-state index is 0.136. The molecule has 5 rings (SSSR count). The topological polar surface area (TPSA) is 70.1 Å². The van der Waals surface area contributed by atoms with Crippen LogP contribution in [0.3, 0.4) is 0 Å². The van der Waals surface area contributed by atoms with Gasteiger partial charge in [0.25, 0.3) is 0 Å².